The summed E-state index contributed by atoms with van der Waals surface area (Å²) in [6.07, 6.45) is 0.897. The van der Waals surface area contributed by atoms with Crippen LogP contribution in [0, 0.1) is 17.1 Å². The highest BCUT2D eigenvalue weighted by Crippen LogP contribution is 2.33. The fourth-order valence-corrected chi connectivity index (χ4v) is 3.78. The first-order valence-corrected chi connectivity index (χ1v) is 9.57. The molecule has 0 saturated carbocycles. The van der Waals surface area contributed by atoms with Gasteiger partial charge >= 0.3 is 0 Å². The molecular formula is C21H21FN8O. The van der Waals surface area contributed by atoms with Gasteiger partial charge in [-0.1, -0.05) is 0 Å². The quantitative estimate of drug-likeness (QED) is 0.593. The number of hydrogen-bond acceptors (Lipinski definition) is 7. The van der Waals surface area contributed by atoms with Crippen molar-refractivity contribution in [1.29, 1.82) is 5.26 Å². The molecule has 2 bridgehead atoms. The number of nitrogens with two attached hydrogens (primary N) is 1. The average molecular weight is 420 g/mol. The maximum absolute atomic E-state index is 14.1. The first-order valence-electron chi connectivity index (χ1n) is 9.57. The van der Waals surface area contributed by atoms with Crippen LogP contribution in [0.2, 0.25) is 0 Å². The van der Waals surface area contributed by atoms with Gasteiger partial charge in [-0.25, -0.2) is 14.4 Å². The Morgan fingerprint density at radius 1 is 1.35 bits per heavy atom. The van der Waals surface area contributed by atoms with Crippen LogP contribution in [0.4, 0.5) is 10.2 Å². The molecule has 3 heterocycles. The fraction of sp³-hybridized carbons (Fsp3) is 0.286. The number of aromatic nitrogens is 4. The third-order valence-corrected chi connectivity index (χ3v) is 5.19. The minimum Gasteiger partial charge on any atom is -0.467 e. The number of aryl methyl sites for hydroxylation is 1. The number of nitriles is 1. The molecule has 2 aromatic heterocycles. The third kappa shape index (κ3) is 3.44. The zero-order valence-corrected chi connectivity index (χ0v) is 17.6. The lowest BCUT2D eigenvalue weighted by molar-refractivity contribution is 0.217. The van der Waals surface area contributed by atoms with E-state index in [9.17, 15) is 9.65 Å². The number of anilines is 1. The zero-order chi connectivity index (χ0) is 22.3. The smallest absolute Gasteiger partial charge is 0.258 e. The Kier molecular flexibility index (Phi) is 5.02. The standard InChI is InChI=1S/C21H21FN8O/c1-11-14-7-12(22)5-6-13(14)20(25-2)29(3)10-16-18(17(8-23)30(4)28-16)15-9-26-19(24)21(27-15)31-11/h5-7,9,11H,10H2,1-4H3,(H2,24,26)/t11-/m1/s1. The van der Waals surface area contributed by atoms with Crippen molar-refractivity contribution in [2.45, 2.75) is 19.6 Å². The molecule has 1 aromatic carbocycles. The maximum atomic E-state index is 14.1. The topological polar surface area (TPSA) is 118 Å². The predicted octanol–water partition coefficient (Wildman–Crippen LogP) is 2.43. The molecule has 0 saturated heterocycles. The number of rotatable bonds is 0. The van der Waals surface area contributed by atoms with Gasteiger partial charge < -0.3 is 15.4 Å². The molecule has 0 amide bonds. The Morgan fingerprint density at radius 2 is 2.13 bits per heavy atom. The molecule has 9 nitrogen and oxygen atoms in total. The summed E-state index contributed by atoms with van der Waals surface area (Å²) in [7, 11) is 5.22. The number of nitrogen functional groups attached to an aromatic ring is 1. The highest BCUT2D eigenvalue weighted by Gasteiger charge is 2.26. The lowest BCUT2D eigenvalue weighted by Gasteiger charge is -2.26. The van der Waals surface area contributed by atoms with Crippen molar-refractivity contribution >= 4 is 11.7 Å². The van der Waals surface area contributed by atoms with Crippen LogP contribution in [-0.4, -0.2) is 44.6 Å². The van der Waals surface area contributed by atoms with Gasteiger partial charge in [0.1, 0.15) is 29.5 Å². The van der Waals surface area contributed by atoms with Crippen molar-refractivity contribution in [3.8, 4) is 23.2 Å². The van der Waals surface area contributed by atoms with Gasteiger partial charge in [0, 0.05) is 32.3 Å². The first kappa shape index (κ1) is 20.3. The molecule has 1 aliphatic rings. The minimum atomic E-state index is -0.592. The van der Waals surface area contributed by atoms with Gasteiger partial charge in [0.05, 0.1) is 29.7 Å². The van der Waals surface area contributed by atoms with Crippen molar-refractivity contribution in [1.82, 2.24) is 24.6 Å². The summed E-state index contributed by atoms with van der Waals surface area (Å²) < 4.78 is 21.6. The lowest BCUT2D eigenvalue weighted by atomic mass is 10.0. The SMILES string of the molecule is CN=C1c2ccc(F)cc2[C@@H](C)Oc2nc(cnc2N)-c2c(nn(C)c2C#N)CN1C. The Bertz CT molecular complexity index is 1240. The molecule has 0 fully saturated rings. The summed E-state index contributed by atoms with van der Waals surface area (Å²) in [5.41, 5.74) is 9.24. The van der Waals surface area contributed by atoms with Crippen LogP contribution in [0.15, 0.2) is 29.4 Å². The Hall–Kier alpha value is -4.00. The van der Waals surface area contributed by atoms with Crippen LogP contribution in [0.3, 0.4) is 0 Å². The molecule has 1 atom stereocenters. The molecule has 0 unspecified atom stereocenters. The van der Waals surface area contributed by atoms with E-state index in [1.807, 2.05) is 11.9 Å². The molecule has 0 spiro atoms. The highest BCUT2D eigenvalue weighted by atomic mass is 19.1. The van der Waals surface area contributed by atoms with E-state index < -0.39 is 11.9 Å². The monoisotopic (exact) mass is 420 g/mol. The molecule has 4 rings (SSSR count). The Morgan fingerprint density at radius 3 is 2.84 bits per heavy atom. The molecule has 3 aromatic rings. The summed E-state index contributed by atoms with van der Waals surface area (Å²) in [4.78, 5) is 15.1. The summed E-state index contributed by atoms with van der Waals surface area (Å²) in [5.74, 6) is 0.431. The van der Waals surface area contributed by atoms with Crippen molar-refractivity contribution < 1.29 is 9.13 Å². The van der Waals surface area contributed by atoms with E-state index >= 15 is 0 Å². The number of aliphatic imine (C=N–C) groups is 1. The van der Waals surface area contributed by atoms with Crippen LogP contribution >= 0.6 is 0 Å². The minimum absolute atomic E-state index is 0.0936. The molecule has 10 heteroatoms. The van der Waals surface area contributed by atoms with E-state index in [1.165, 1.54) is 23.0 Å². The van der Waals surface area contributed by atoms with Gasteiger partial charge in [-0.3, -0.25) is 9.67 Å². The van der Waals surface area contributed by atoms with Crippen LogP contribution in [0.5, 0.6) is 5.88 Å². The van der Waals surface area contributed by atoms with E-state index in [0.717, 1.165) is 0 Å². The van der Waals surface area contributed by atoms with Crippen LogP contribution in [0.1, 0.15) is 35.5 Å². The van der Waals surface area contributed by atoms with E-state index in [1.54, 1.807) is 27.1 Å². The zero-order valence-electron chi connectivity index (χ0n) is 17.6. The largest absolute Gasteiger partial charge is 0.467 e. The average Bonchev–Trinajstić information content (AvgIpc) is 3.05. The van der Waals surface area contributed by atoms with E-state index in [0.29, 0.717) is 46.2 Å². The highest BCUT2D eigenvalue weighted by molar-refractivity contribution is 6.00. The predicted molar refractivity (Wildman–Crippen MR) is 113 cm³/mol. The van der Waals surface area contributed by atoms with Gasteiger partial charge in [-0.15, -0.1) is 0 Å². The van der Waals surface area contributed by atoms with E-state index in [4.69, 9.17) is 10.5 Å². The van der Waals surface area contributed by atoms with Crippen LogP contribution in [0.25, 0.3) is 11.3 Å². The normalized spacial score (nSPS) is 17.1. The Labute approximate surface area is 178 Å². The number of benzene rings is 1. The second kappa shape index (κ2) is 7.68. The Balaban J connectivity index is 2.01. The molecule has 0 radical (unpaired) electrons. The second-order valence-electron chi connectivity index (χ2n) is 7.25. The van der Waals surface area contributed by atoms with Crippen molar-refractivity contribution in [3.05, 3.63) is 52.7 Å². The summed E-state index contributed by atoms with van der Waals surface area (Å²) in [5, 5.41) is 14.2. The number of nitrogens with zero attached hydrogens (tertiary/aromatic N) is 7. The summed E-state index contributed by atoms with van der Waals surface area (Å²) in [6, 6.07) is 6.64. The van der Waals surface area contributed by atoms with Crippen molar-refractivity contribution in [2.24, 2.45) is 12.0 Å². The van der Waals surface area contributed by atoms with Gasteiger partial charge in [0.25, 0.3) is 5.88 Å². The van der Waals surface area contributed by atoms with Crippen LogP contribution in [-0.2, 0) is 13.6 Å². The van der Waals surface area contributed by atoms with E-state index in [2.05, 4.69) is 26.1 Å². The third-order valence-electron chi connectivity index (χ3n) is 5.19. The maximum Gasteiger partial charge on any atom is 0.258 e. The molecule has 1 aliphatic heterocycles. The number of halogens is 1. The van der Waals surface area contributed by atoms with Gasteiger partial charge in [0.15, 0.2) is 5.82 Å². The van der Waals surface area contributed by atoms with E-state index in [-0.39, 0.29) is 11.7 Å². The fourth-order valence-electron chi connectivity index (χ4n) is 3.78. The van der Waals surface area contributed by atoms with Gasteiger partial charge in [-0.2, -0.15) is 10.4 Å². The van der Waals surface area contributed by atoms with Gasteiger partial charge in [0.2, 0.25) is 0 Å². The molecule has 0 aliphatic carbocycles. The number of hydrogen-bond donors (Lipinski definition) is 1. The van der Waals surface area contributed by atoms with Crippen molar-refractivity contribution in [2.75, 3.05) is 19.8 Å². The molecule has 2 N–H and O–H groups in total. The first-order chi connectivity index (χ1) is 14.8. The molecular weight excluding hydrogens is 399 g/mol. The second-order valence-corrected chi connectivity index (χ2v) is 7.25. The number of ether oxygens (including phenoxy) is 1. The van der Waals surface area contributed by atoms with Gasteiger partial charge in [-0.05, 0) is 25.1 Å². The molecule has 158 valence electrons. The summed E-state index contributed by atoms with van der Waals surface area (Å²) in [6.45, 7) is 2.12. The summed E-state index contributed by atoms with van der Waals surface area (Å²) >= 11 is 0. The number of fused-ring (bicyclic) bond motifs is 5. The van der Waals surface area contributed by atoms with Crippen LogP contribution < -0.4 is 10.5 Å². The van der Waals surface area contributed by atoms with Crippen molar-refractivity contribution in [3.63, 3.8) is 0 Å². The molecule has 31 heavy (non-hydrogen) atoms. The lowest BCUT2D eigenvalue weighted by Crippen LogP contribution is -2.29. The number of amidine groups is 1.